The van der Waals surface area contributed by atoms with Crippen molar-refractivity contribution in [3.8, 4) is 6.19 Å². The van der Waals surface area contributed by atoms with E-state index in [0.717, 1.165) is 5.82 Å². The van der Waals surface area contributed by atoms with E-state index in [1.807, 2.05) is 6.92 Å². The number of rotatable bonds is 2. The Balaban J connectivity index is 2.58. The van der Waals surface area contributed by atoms with Gasteiger partial charge in [0.1, 0.15) is 12.2 Å². The second-order valence-electron chi connectivity index (χ2n) is 1.87. The van der Waals surface area contributed by atoms with Crippen molar-refractivity contribution in [2.75, 3.05) is 0 Å². The van der Waals surface area contributed by atoms with Gasteiger partial charge in [-0.1, -0.05) is 0 Å². The van der Waals surface area contributed by atoms with E-state index in [4.69, 9.17) is 5.26 Å². The maximum Gasteiger partial charge on any atom is 0.182 e. The molecule has 0 bridgehead atoms. The van der Waals surface area contributed by atoms with Crippen molar-refractivity contribution < 1.29 is 0 Å². The lowest BCUT2D eigenvalue weighted by Gasteiger charge is -1.82. The smallest absolute Gasteiger partial charge is 0.182 e. The molecule has 0 aliphatic rings. The van der Waals surface area contributed by atoms with Crippen LogP contribution in [0.15, 0.2) is 11.2 Å². The first-order chi connectivity index (χ1) is 5.33. The van der Waals surface area contributed by atoms with Gasteiger partial charge in [0.15, 0.2) is 12.0 Å². The highest BCUT2D eigenvalue weighted by Gasteiger charge is 1.89. The molecule has 1 rings (SSSR count). The van der Waals surface area contributed by atoms with Gasteiger partial charge in [0.25, 0.3) is 0 Å². The lowest BCUT2D eigenvalue weighted by atomic mass is 10.7. The molecule has 0 aliphatic heterocycles. The Morgan fingerprint density at radius 2 is 2.73 bits per heavy atom. The summed E-state index contributed by atoms with van der Waals surface area (Å²) in [5.74, 6) is 1.43. The maximum absolute atomic E-state index is 8.07. The quantitative estimate of drug-likeness (QED) is 0.277. The molecule has 0 saturated carbocycles. The lowest BCUT2D eigenvalue weighted by Crippen LogP contribution is -1.98. The number of hydrogen-bond acceptors (Lipinski definition) is 3. The summed E-state index contributed by atoms with van der Waals surface area (Å²) in [5, 5.41) is 10.3. The zero-order valence-corrected chi connectivity index (χ0v) is 6.00. The molecular weight excluding hydrogens is 142 g/mol. The zero-order valence-electron chi connectivity index (χ0n) is 6.00. The van der Waals surface area contributed by atoms with Gasteiger partial charge in [0, 0.05) is 0 Å². The van der Waals surface area contributed by atoms with Gasteiger partial charge in [-0.25, -0.2) is 9.98 Å². The van der Waals surface area contributed by atoms with Crippen LogP contribution in [0.5, 0.6) is 0 Å². The largest absolute Gasteiger partial charge is 0.327 e. The predicted molar refractivity (Wildman–Crippen MR) is 40.2 cm³/mol. The molecule has 1 aromatic heterocycles. The zero-order chi connectivity index (χ0) is 8.10. The van der Waals surface area contributed by atoms with Crippen LogP contribution in [0.3, 0.4) is 0 Å². The van der Waals surface area contributed by atoms with Gasteiger partial charge in [0.2, 0.25) is 0 Å². The van der Waals surface area contributed by atoms with Crippen LogP contribution in [-0.2, 0) is 0 Å². The third kappa shape index (κ3) is 2.10. The summed E-state index contributed by atoms with van der Waals surface area (Å²) < 4.78 is 0. The van der Waals surface area contributed by atoms with Gasteiger partial charge in [-0.3, -0.25) is 5.32 Å². The molecule has 0 aliphatic carbocycles. The van der Waals surface area contributed by atoms with E-state index in [0.29, 0.717) is 5.82 Å². The first-order valence-corrected chi connectivity index (χ1v) is 3.01. The number of imidazole rings is 1. The highest BCUT2D eigenvalue weighted by molar-refractivity contribution is 5.60. The van der Waals surface area contributed by atoms with Crippen LogP contribution in [-0.4, -0.2) is 16.3 Å². The number of nitrogens with zero attached hydrogens (tertiary/aromatic N) is 3. The minimum atomic E-state index is 0.630. The van der Waals surface area contributed by atoms with Crippen LogP contribution < -0.4 is 5.32 Å². The van der Waals surface area contributed by atoms with Crippen molar-refractivity contribution in [3.63, 3.8) is 0 Å². The number of aliphatic imine (C=N–C) groups is 1. The Kier molecular flexibility index (Phi) is 2.23. The van der Waals surface area contributed by atoms with Crippen molar-refractivity contribution in [2.24, 2.45) is 4.99 Å². The summed E-state index contributed by atoms with van der Waals surface area (Å²) in [6, 6.07) is 0. The summed E-state index contributed by atoms with van der Waals surface area (Å²) in [6.07, 6.45) is 4.60. The Labute approximate surface area is 63.8 Å². The third-order valence-electron chi connectivity index (χ3n) is 1.02. The fourth-order valence-corrected chi connectivity index (χ4v) is 0.604. The molecule has 2 N–H and O–H groups in total. The molecule has 0 unspecified atom stereocenters. The van der Waals surface area contributed by atoms with E-state index in [9.17, 15) is 0 Å². The third-order valence-corrected chi connectivity index (χ3v) is 1.02. The van der Waals surface area contributed by atoms with Crippen LogP contribution in [0.1, 0.15) is 5.82 Å². The Bertz CT molecular complexity index is 292. The number of aromatic amines is 1. The Morgan fingerprint density at radius 1 is 1.91 bits per heavy atom. The SMILES string of the molecule is Cc1ncc(/N=C\NC#N)[nH]1. The summed E-state index contributed by atoms with van der Waals surface area (Å²) in [5.41, 5.74) is 0. The molecule has 0 fully saturated rings. The molecule has 0 amide bonds. The molecular formula is C6H7N5. The molecule has 0 atom stereocenters. The molecule has 0 radical (unpaired) electrons. The maximum atomic E-state index is 8.07. The van der Waals surface area contributed by atoms with E-state index >= 15 is 0 Å². The topological polar surface area (TPSA) is 76.9 Å². The Hall–Kier alpha value is -1.83. The number of aryl methyl sites for hydroxylation is 1. The van der Waals surface area contributed by atoms with Crippen LogP contribution in [0.25, 0.3) is 0 Å². The fraction of sp³-hybridized carbons (Fsp3) is 0.167. The molecule has 5 nitrogen and oxygen atoms in total. The van der Waals surface area contributed by atoms with Crippen molar-refractivity contribution in [1.29, 1.82) is 5.26 Å². The average Bonchev–Trinajstić information content (AvgIpc) is 2.37. The van der Waals surface area contributed by atoms with Crippen LogP contribution >= 0.6 is 0 Å². The first kappa shape index (κ1) is 7.28. The molecule has 0 saturated heterocycles. The normalized spacial score (nSPS) is 9.82. The average molecular weight is 149 g/mol. The van der Waals surface area contributed by atoms with Gasteiger partial charge in [-0.05, 0) is 6.92 Å². The molecule has 11 heavy (non-hydrogen) atoms. The summed E-state index contributed by atoms with van der Waals surface area (Å²) in [7, 11) is 0. The second-order valence-corrected chi connectivity index (χ2v) is 1.87. The van der Waals surface area contributed by atoms with E-state index in [2.05, 4.69) is 20.3 Å². The van der Waals surface area contributed by atoms with Crippen molar-refractivity contribution in [2.45, 2.75) is 6.92 Å². The van der Waals surface area contributed by atoms with E-state index in [1.54, 1.807) is 12.4 Å². The van der Waals surface area contributed by atoms with Gasteiger partial charge < -0.3 is 4.98 Å². The predicted octanol–water partition coefficient (Wildman–Crippen LogP) is 0.449. The van der Waals surface area contributed by atoms with Crippen molar-refractivity contribution in [1.82, 2.24) is 15.3 Å². The molecule has 56 valence electrons. The number of nitriles is 1. The van der Waals surface area contributed by atoms with Crippen molar-refractivity contribution >= 4 is 12.2 Å². The number of nitrogens with one attached hydrogen (secondary N) is 2. The van der Waals surface area contributed by atoms with Crippen LogP contribution in [0.2, 0.25) is 0 Å². The first-order valence-electron chi connectivity index (χ1n) is 3.01. The standard InChI is InChI=1S/C6H7N5/c1-5-9-2-6(11-5)10-4-8-3-7/h2,4H,1H3,(H,8,10)(H,9,11). The summed E-state index contributed by atoms with van der Waals surface area (Å²) >= 11 is 0. The molecule has 1 heterocycles. The van der Waals surface area contributed by atoms with Gasteiger partial charge in [-0.2, -0.15) is 5.26 Å². The van der Waals surface area contributed by atoms with E-state index in [1.165, 1.54) is 6.34 Å². The highest BCUT2D eigenvalue weighted by atomic mass is 15.0. The minimum Gasteiger partial charge on any atom is -0.327 e. The van der Waals surface area contributed by atoms with E-state index < -0.39 is 0 Å². The highest BCUT2D eigenvalue weighted by Crippen LogP contribution is 2.04. The number of H-pyrrole nitrogens is 1. The molecule has 0 spiro atoms. The molecule has 5 heteroatoms. The number of aromatic nitrogens is 2. The van der Waals surface area contributed by atoms with Crippen LogP contribution in [0.4, 0.5) is 5.82 Å². The summed E-state index contributed by atoms with van der Waals surface area (Å²) in [4.78, 5) is 10.6. The molecule has 1 aromatic rings. The Morgan fingerprint density at radius 3 is 3.27 bits per heavy atom. The second kappa shape index (κ2) is 3.37. The number of hydrogen-bond donors (Lipinski definition) is 2. The van der Waals surface area contributed by atoms with E-state index in [-0.39, 0.29) is 0 Å². The monoisotopic (exact) mass is 149 g/mol. The lowest BCUT2D eigenvalue weighted by molar-refractivity contribution is 1.14. The molecule has 0 aromatic carbocycles. The summed E-state index contributed by atoms with van der Waals surface area (Å²) in [6.45, 7) is 1.83. The van der Waals surface area contributed by atoms with Crippen molar-refractivity contribution in [3.05, 3.63) is 12.0 Å². The van der Waals surface area contributed by atoms with Crippen LogP contribution in [0, 0.1) is 18.4 Å². The minimum absolute atomic E-state index is 0.630. The fourth-order valence-electron chi connectivity index (χ4n) is 0.604. The van der Waals surface area contributed by atoms with Gasteiger partial charge >= 0.3 is 0 Å². The van der Waals surface area contributed by atoms with Gasteiger partial charge in [-0.15, -0.1) is 0 Å². The van der Waals surface area contributed by atoms with Gasteiger partial charge in [0.05, 0.1) is 6.20 Å².